The zero-order valence-corrected chi connectivity index (χ0v) is 16.1. The number of carbonyl (C=O) groups excluding carboxylic acids is 1. The van der Waals surface area contributed by atoms with Crippen LogP contribution in [0.3, 0.4) is 0 Å². The number of para-hydroxylation sites is 1. The molecule has 0 unspecified atom stereocenters. The Balaban J connectivity index is 1.72. The maximum Gasteiger partial charge on any atom is 0.222 e. The number of hydrogen-bond acceptors (Lipinski definition) is 2. The third kappa shape index (κ3) is 4.26. The highest BCUT2D eigenvalue weighted by molar-refractivity contribution is 5.79. The van der Waals surface area contributed by atoms with Gasteiger partial charge in [-0.05, 0) is 42.7 Å². The second-order valence-electron chi connectivity index (χ2n) is 8.23. The molecule has 1 aliphatic carbocycles. The normalized spacial score (nSPS) is 20.4. The molecule has 0 spiro atoms. The molecule has 1 aromatic rings. The van der Waals surface area contributed by atoms with Crippen LogP contribution >= 0.6 is 0 Å². The highest BCUT2D eigenvalue weighted by Crippen LogP contribution is 2.40. The number of benzene rings is 1. The Morgan fingerprint density at radius 2 is 1.84 bits per heavy atom. The molecule has 1 amide bonds. The second-order valence-corrected chi connectivity index (χ2v) is 8.23. The van der Waals surface area contributed by atoms with Crippen LogP contribution in [0.15, 0.2) is 30.3 Å². The van der Waals surface area contributed by atoms with Gasteiger partial charge in [-0.3, -0.25) is 4.79 Å². The monoisotopic (exact) mass is 340 g/mol. The molecule has 25 heavy (non-hydrogen) atoms. The predicted octanol–water partition coefficient (Wildman–Crippen LogP) is 4.73. The van der Waals surface area contributed by atoms with Crippen molar-refractivity contribution in [3.05, 3.63) is 35.9 Å². The third-order valence-electron chi connectivity index (χ3n) is 5.66. The standard InChI is InChI=1S/C22H32N2O/c1-4-7-21(25)24-16-14-23(15-17-24)20-9-6-5-8-19(20)18-10-12-22(2,3)13-11-18/h5-6,8-10H,4,7,11-17H2,1-3H3. The number of carbonyl (C=O) groups is 1. The van der Waals surface area contributed by atoms with Gasteiger partial charge in [-0.25, -0.2) is 0 Å². The molecule has 0 bridgehead atoms. The average Bonchev–Trinajstić information content (AvgIpc) is 2.62. The Labute approximate surface area is 152 Å². The first-order valence-electron chi connectivity index (χ1n) is 9.81. The Kier molecular flexibility index (Phi) is 5.51. The molecule has 136 valence electrons. The number of anilines is 1. The lowest BCUT2D eigenvalue weighted by molar-refractivity contribution is -0.131. The van der Waals surface area contributed by atoms with Crippen molar-refractivity contribution < 1.29 is 4.79 Å². The van der Waals surface area contributed by atoms with Gasteiger partial charge in [0.15, 0.2) is 0 Å². The highest BCUT2D eigenvalue weighted by atomic mass is 16.2. The van der Waals surface area contributed by atoms with Gasteiger partial charge < -0.3 is 9.80 Å². The van der Waals surface area contributed by atoms with E-state index >= 15 is 0 Å². The first-order valence-corrected chi connectivity index (χ1v) is 9.81. The van der Waals surface area contributed by atoms with Crippen LogP contribution in [0.1, 0.15) is 58.4 Å². The minimum atomic E-state index is 0.313. The lowest BCUT2D eigenvalue weighted by Gasteiger charge is -2.38. The molecule has 0 atom stereocenters. The third-order valence-corrected chi connectivity index (χ3v) is 5.66. The summed E-state index contributed by atoms with van der Waals surface area (Å²) in [5, 5.41) is 0. The summed E-state index contributed by atoms with van der Waals surface area (Å²) < 4.78 is 0. The first kappa shape index (κ1) is 18.0. The van der Waals surface area contributed by atoms with Gasteiger partial charge in [0.1, 0.15) is 0 Å². The molecule has 3 nitrogen and oxygen atoms in total. The summed E-state index contributed by atoms with van der Waals surface area (Å²) in [7, 11) is 0. The highest BCUT2D eigenvalue weighted by Gasteiger charge is 2.25. The number of rotatable bonds is 4. The van der Waals surface area contributed by atoms with E-state index in [4.69, 9.17) is 0 Å². The largest absolute Gasteiger partial charge is 0.367 e. The average molecular weight is 341 g/mol. The number of piperazine rings is 1. The van der Waals surface area contributed by atoms with Gasteiger partial charge in [0.25, 0.3) is 0 Å². The van der Waals surface area contributed by atoms with Gasteiger partial charge in [-0.15, -0.1) is 0 Å². The fourth-order valence-corrected chi connectivity index (χ4v) is 3.91. The number of amides is 1. The lowest BCUT2D eigenvalue weighted by atomic mass is 9.77. The summed E-state index contributed by atoms with van der Waals surface area (Å²) in [6.07, 6.45) is 7.65. The Morgan fingerprint density at radius 3 is 2.48 bits per heavy atom. The van der Waals surface area contributed by atoms with Crippen LogP contribution in [0.25, 0.3) is 5.57 Å². The van der Waals surface area contributed by atoms with Crippen LogP contribution in [0.4, 0.5) is 5.69 Å². The Hall–Kier alpha value is -1.77. The number of nitrogens with zero attached hydrogens (tertiary/aromatic N) is 2. The van der Waals surface area contributed by atoms with Crippen LogP contribution < -0.4 is 4.90 Å². The van der Waals surface area contributed by atoms with Crippen molar-refractivity contribution in [3.8, 4) is 0 Å². The maximum atomic E-state index is 12.1. The van der Waals surface area contributed by atoms with E-state index < -0.39 is 0 Å². The molecule has 1 heterocycles. The van der Waals surface area contributed by atoms with E-state index in [2.05, 4.69) is 56.0 Å². The van der Waals surface area contributed by atoms with Gasteiger partial charge in [0.05, 0.1) is 0 Å². The molecule has 1 aliphatic heterocycles. The van der Waals surface area contributed by atoms with Crippen LogP contribution in [0.5, 0.6) is 0 Å². The summed E-state index contributed by atoms with van der Waals surface area (Å²) in [4.78, 5) is 16.6. The van der Waals surface area contributed by atoms with Gasteiger partial charge in [-0.2, -0.15) is 0 Å². The van der Waals surface area contributed by atoms with E-state index in [1.54, 1.807) is 0 Å². The molecule has 0 radical (unpaired) electrons. The zero-order valence-electron chi connectivity index (χ0n) is 16.1. The second kappa shape index (κ2) is 7.63. The summed E-state index contributed by atoms with van der Waals surface area (Å²) >= 11 is 0. The van der Waals surface area contributed by atoms with Crippen molar-refractivity contribution >= 4 is 17.2 Å². The smallest absolute Gasteiger partial charge is 0.222 e. The molecule has 0 saturated carbocycles. The van der Waals surface area contributed by atoms with E-state index in [9.17, 15) is 4.79 Å². The minimum absolute atomic E-state index is 0.313. The van der Waals surface area contributed by atoms with Gasteiger partial charge in [0, 0.05) is 43.9 Å². The van der Waals surface area contributed by atoms with Gasteiger partial charge in [0.2, 0.25) is 5.91 Å². The van der Waals surface area contributed by atoms with Crippen molar-refractivity contribution in [2.24, 2.45) is 5.41 Å². The topological polar surface area (TPSA) is 23.6 Å². The fourth-order valence-electron chi connectivity index (χ4n) is 3.91. The van der Waals surface area contributed by atoms with Crippen LogP contribution in [0, 0.1) is 5.41 Å². The van der Waals surface area contributed by atoms with Crippen molar-refractivity contribution in [3.63, 3.8) is 0 Å². The van der Waals surface area contributed by atoms with Crippen molar-refractivity contribution in [2.45, 2.75) is 52.9 Å². The van der Waals surface area contributed by atoms with Crippen molar-refractivity contribution in [1.29, 1.82) is 0 Å². The Bertz CT molecular complexity index is 639. The van der Waals surface area contributed by atoms with Crippen molar-refractivity contribution in [2.75, 3.05) is 31.1 Å². The molecule has 3 heteroatoms. The summed E-state index contributed by atoms with van der Waals surface area (Å²) in [5.41, 5.74) is 4.67. The minimum Gasteiger partial charge on any atom is -0.367 e. The van der Waals surface area contributed by atoms with Crippen molar-refractivity contribution in [1.82, 2.24) is 4.90 Å². The Morgan fingerprint density at radius 1 is 1.12 bits per heavy atom. The maximum absolute atomic E-state index is 12.1. The molecule has 3 rings (SSSR count). The molecule has 2 aliphatic rings. The van der Waals surface area contributed by atoms with Gasteiger partial charge >= 0.3 is 0 Å². The fraction of sp³-hybridized carbons (Fsp3) is 0.591. The predicted molar refractivity (Wildman–Crippen MR) is 106 cm³/mol. The van der Waals surface area contributed by atoms with Gasteiger partial charge in [-0.1, -0.05) is 45.0 Å². The summed E-state index contributed by atoms with van der Waals surface area (Å²) in [6.45, 7) is 10.4. The van der Waals surface area contributed by atoms with Crippen LogP contribution in [0.2, 0.25) is 0 Å². The van der Waals surface area contributed by atoms with Crippen LogP contribution in [-0.2, 0) is 4.79 Å². The van der Waals surface area contributed by atoms with E-state index in [0.29, 0.717) is 17.7 Å². The van der Waals surface area contributed by atoms with E-state index in [0.717, 1.165) is 39.0 Å². The molecule has 0 aromatic heterocycles. The molecular formula is C22H32N2O. The summed E-state index contributed by atoms with van der Waals surface area (Å²) in [5.74, 6) is 0.313. The van der Waals surface area contributed by atoms with E-state index in [-0.39, 0.29) is 0 Å². The molecule has 1 saturated heterocycles. The van der Waals surface area contributed by atoms with Crippen LogP contribution in [-0.4, -0.2) is 37.0 Å². The molecule has 1 fully saturated rings. The molecule has 1 aromatic carbocycles. The summed E-state index contributed by atoms with van der Waals surface area (Å²) in [6, 6.07) is 8.81. The van der Waals surface area contributed by atoms with E-state index in [1.165, 1.54) is 29.7 Å². The quantitative estimate of drug-likeness (QED) is 0.791. The number of allylic oxidation sites excluding steroid dienone is 2. The SMILES string of the molecule is CCCC(=O)N1CCN(c2ccccc2C2=CCC(C)(C)CC2)CC1. The first-order chi connectivity index (χ1) is 12.0. The molecular weight excluding hydrogens is 308 g/mol. The lowest BCUT2D eigenvalue weighted by Crippen LogP contribution is -2.49. The number of hydrogen-bond donors (Lipinski definition) is 0. The zero-order chi connectivity index (χ0) is 17.9. The van der Waals surface area contributed by atoms with E-state index in [1.807, 2.05) is 4.90 Å². The molecule has 0 N–H and O–H groups in total.